The molecule has 0 aromatic heterocycles. The summed E-state index contributed by atoms with van der Waals surface area (Å²) in [6.45, 7) is 9.37. The molecule has 0 bridgehead atoms. The average molecular weight is 380 g/mol. The van der Waals surface area contributed by atoms with Gasteiger partial charge < -0.3 is 19.7 Å². The highest BCUT2D eigenvalue weighted by molar-refractivity contribution is 5.79. The molecule has 1 aromatic carbocycles. The van der Waals surface area contributed by atoms with Gasteiger partial charge in [-0.25, -0.2) is 4.39 Å². The number of halogens is 1. The minimum Gasteiger partial charge on any atom is -0.489 e. The third-order valence-corrected chi connectivity index (χ3v) is 4.92. The maximum atomic E-state index is 13.6. The van der Waals surface area contributed by atoms with E-state index in [1.807, 2.05) is 11.9 Å². The molecule has 1 aliphatic rings. The van der Waals surface area contributed by atoms with Crippen LogP contribution < -0.4 is 10.1 Å². The Morgan fingerprint density at radius 2 is 2.11 bits per heavy atom. The molecule has 1 aliphatic heterocycles. The standard InChI is InChI=1S/C21H34FN3O2/c1-21(2,3)19-16(9-8-13-27-19)15-24-20(23-4)25(5)12-14-26-18-11-7-6-10-17(18)22/h6-7,10-11,16,19H,8-9,12-15H2,1-5H3,(H,23,24). The highest BCUT2D eigenvalue weighted by Gasteiger charge is 2.35. The van der Waals surface area contributed by atoms with E-state index in [9.17, 15) is 4.39 Å². The van der Waals surface area contributed by atoms with Crippen LogP contribution in [0.1, 0.15) is 33.6 Å². The van der Waals surface area contributed by atoms with Gasteiger partial charge in [-0.3, -0.25) is 4.99 Å². The van der Waals surface area contributed by atoms with Crippen molar-refractivity contribution in [2.45, 2.75) is 39.7 Å². The molecule has 1 aromatic rings. The quantitative estimate of drug-likeness (QED) is 0.606. The smallest absolute Gasteiger partial charge is 0.193 e. The van der Waals surface area contributed by atoms with Crippen LogP contribution in [0.15, 0.2) is 29.3 Å². The largest absolute Gasteiger partial charge is 0.489 e. The fourth-order valence-electron chi connectivity index (χ4n) is 3.58. The normalized spacial score (nSPS) is 21.0. The van der Waals surface area contributed by atoms with Crippen molar-refractivity contribution in [2.75, 3.05) is 40.4 Å². The number of nitrogens with one attached hydrogen (secondary N) is 1. The molecule has 1 heterocycles. The van der Waals surface area contributed by atoms with E-state index in [1.54, 1.807) is 25.2 Å². The molecule has 152 valence electrons. The maximum Gasteiger partial charge on any atom is 0.193 e. The summed E-state index contributed by atoms with van der Waals surface area (Å²) in [5, 5.41) is 3.47. The van der Waals surface area contributed by atoms with Crippen LogP contribution in [0.4, 0.5) is 4.39 Å². The van der Waals surface area contributed by atoms with E-state index in [1.165, 1.54) is 6.07 Å². The Labute approximate surface area is 162 Å². The van der Waals surface area contributed by atoms with Gasteiger partial charge in [-0.05, 0) is 30.4 Å². The number of benzene rings is 1. The van der Waals surface area contributed by atoms with Crippen LogP contribution in [0, 0.1) is 17.2 Å². The molecule has 6 heteroatoms. The molecule has 0 amide bonds. The second kappa shape index (κ2) is 9.93. The van der Waals surface area contributed by atoms with Crippen LogP contribution in [0.25, 0.3) is 0 Å². The SMILES string of the molecule is CN=C(NCC1CCCOC1C(C)(C)C)N(C)CCOc1ccccc1F. The zero-order chi connectivity index (χ0) is 19.9. The van der Waals surface area contributed by atoms with Gasteiger partial charge in [0.1, 0.15) is 6.61 Å². The molecule has 2 rings (SSSR count). The minimum atomic E-state index is -0.340. The van der Waals surface area contributed by atoms with Gasteiger partial charge in [-0.2, -0.15) is 0 Å². The molecule has 27 heavy (non-hydrogen) atoms. The number of nitrogens with zero attached hydrogens (tertiary/aromatic N) is 2. The van der Waals surface area contributed by atoms with Crippen LogP contribution in [0.2, 0.25) is 0 Å². The zero-order valence-corrected chi connectivity index (χ0v) is 17.3. The van der Waals surface area contributed by atoms with Crippen molar-refractivity contribution >= 4 is 5.96 Å². The molecular formula is C21H34FN3O2. The molecule has 0 radical (unpaired) electrons. The fraction of sp³-hybridized carbons (Fsp3) is 0.667. The molecule has 1 saturated heterocycles. The maximum absolute atomic E-state index is 13.6. The van der Waals surface area contributed by atoms with Crippen LogP contribution >= 0.6 is 0 Å². The lowest BCUT2D eigenvalue weighted by molar-refractivity contribution is -0.0836. The summed E-state index contributed by atoms with van der Waals surface area (Å²) in [6.07, 6.45) is 2.50. The topological polar surface area (TPSA) is 46.1 Å². The molecule has 1 fully saturated rings. The minimum absolute atomic E-state index is 0.121. The molecule has 0 spiro atoms. The van der Waals surface area contributed by atoms with Crippen molar-refractivity contribution in [2.24, 2.45) is 16.3 Å². The van der Waals surface area contributed by atoms with Gasteiger partial charge in [0.15, 0.2) is 17.5 Å². The predicted molar refractivity (Wildman–Crippen MR) is 108 cm³/mol. The van der Waals surface area contributed by atoms with E-state index in [0.717, 1.165) is 32.0 Å². The van der Waals surface area contributed by atoms with E-state index >= 15 is 0 Å². The van der Waals surface area contributed by atoms with Crippen molar-refractivity contribution < 1.29 is 13.9 Å². The number of rotatable bonds is 6. The summed E-state index contributed by atoms with van der Waals surface area (Å²) in [7, 11) is 3.73. The zero-order valence-electron chi connectivity index (χ0n) is 17.3. The third-order valence-electron chi connectivity index (χ3n) is 4.92. The first-order valence-electron chi connectivity index (χ1n) is 9.73. The molecule has 0 aliphatic carbocycles. The lowest BCUT2D eigenvalue weighted by Gasteiger charge is -2.40. The van der Waals surface area contributed by atoms with Gasteiger partial charge in [0, 0.05) is 33.2 Å². The predicted octanol–water partition coefficient (Wildman–Crippen LogP) is 3.55. The molecule has 2 unspecified atom stereocenters. The van der Waals surface area contributed by atoms with Gasteiger partial charge >= 0.3 is 0 Å². The second-order valence-corrected chi connectivity index (χ2v) is 8.19. The lowest BCUT2D eigenvalue weighted by atomic mass is 9.78. The molecule has 2 atom stereocenters. The number of para-hydroxylation sites is 1. The Morgan fingerprint density at radius 1 is 1.37 bits per heavy atom. The molecular weight excluding hydrogens is 345 g/mol. The van der Waals surface area contributed by atoms with Gasteiger partial charge in [0.05, 0.1) is 12.6 Å². The van der Waals surface area contributed by atoms with E-state index in [2.05, 4.69) is 31.1 Å². The van der Waals surface area contributed by atoms with Crippen LogP contribution in [-0.4, -0.2) is 57.4 Å². The average Bonchev–Trinajstić information content (AvgIpc) is 2.63. The summed E-state index contributed by atoms with van der Waals surface area (Å²) >= 11 is 0. The molecule has 5 nitrogen and oxygen atoms in total. The Bertz CT molecular complexity index is 616. The van der Waals surface area contributed by atoms with Crippen LogP contribution in [-0.2, 0) is 4.74 Å². The Kier molecular flexibility index (Phi) is 7.90. The Balaban J connectivity index is 1.82. The summed E-state index contributed by atoms with van der Waals surface area (Å²) in [6, 6.07) is 6.45. The summed E-state index contributed by atoms with van der Waals surface area (Å²) in [5.41, 5.74) is 0.121. The van der Waals surface area contributed by atoms with Gasteiger partial charge in [0.25, 0.3) is 0 Å². The van der Waals surface area contributed by atoms with Crippen molar-refractivity contribution in [3.05, 3.63) is 30.1 Å². The van der Waals surface area contributed by atoms with Crippen molar-refractivity contribution in [1.29, 1.82) is 0 Å². The fourth-order valence-corrected chi connectivity index (χ4v) is 3.58. The monoisotopic (exact) mass is 379 g/mol. The number of ether oxygens (including phenoxy) is 2. The first kappa shape index (κ1) is 21.5. The number of hydrogen-bond acceptors (Lipinski definition) is 3. The highest BCUT2D eigenvalue weighted by Crippen LogP contribution is 2.33. The second-order valence-electron chi connectivity index (χ2n) is 8.19. The van der Waals surface area contributed by atoms with Crippen LogP contribution in [0.5, 0.6) is 5.75 Å². The number of guanidine groups is 1. The Morgan fingerprint density at radius 3 is 2.78 bits per heavy atom. The Hall–Kier alpha value is -1.82. The lowest BCUT2D eigenvalue weighted by Crippen LogP contribution is -2.48. The summed E-state index contributed by atoms with van der Waals surface area (Å²) < 4.78 is 25.2. The van der Waals surface area contributed by atoms with E-state index in [4.69, 9.17) is 9.47 Å². The van der Waals surface area contributed by atoms with Gasteiger partial charge in [-0.1, -0.05) is 32.9 Å². The van der Waals surface area contributed by atoms with Crippen molar-refractivity contribution in [1.82, 2.24) is 10.2 Å². The van der Waals surface area contributed by atoms with Crippen LogP contribution in [0.3, 0.4) is 0 Å². The highest BCUT2D eigenvalue weighted by atomic mass is 19.1. The number of hydrogen-bond donors (Lipinski definition) is 1. The number of likely N-dealkylation sites (N-methyl/N-ethyl adjacent to an activating group) is 1. The van der Waals surface area contributed by atoms with Crippen molar-refractivity contribution in [3.63, 3.8) is 0 Å². The van der Waals surface area contributed by atoms with E-state index in [0.29, 0.717) is 19.1 Å². The number of aliphatic imine (C=N–C) groups is 1. The molecule has 1 N–H and O–H groups in total. The van der Waals surface area contributed by atoms with E-state index < -0.39 is 0 Å². The summed E-state index contributed by atoms with van der Waals surface area (Å²) in [4.78, 5) is 6.36. The third kappa shape index (κ3) is 6.38. The molecule has 0 saturated carbocycles. The first-order chi connectivity index (χ1) is 12.8. The van der Waals surface area contributed by atoms with Gasteiger partial charge in [-0.15, -0.1) is 0 Å². The van der Waals surface area contributed by atoms with Gasteiger partial charge in [0.2, 0.25) is 0 Å². The van der Waals surface area contributed by atoms with Crippen molar-refractivity contribution in [3.8, 4) is 5.75 Å². The first-order valence-corrected chi connectivity index (χ1v) is 9.73. The summed E-state index contributed by atoms with van der Waals surface area (Å²) in [5.74, 6) is 1.21. The van der Waals surface area contributed by atoms with E-state index in [-0.39, 0.29) is 23.1 Å².